The molecule has 1 saturated carbocycles. The van der Waals surface area contributed by atoms with Crippen molar-refractivity contribution in [2.45, 2.75) is 25.3 Å². The summed E-state index contributed by atoms with van der Waals surface area (Å²) >= 11 is 5.81. The molecule has 3 heteroatoms. The summed E-state index contributed by atoms with van der Waals surface area (Å²) in [4.78, 5) is 4.64. The van der Waals surface area contributed by atoms with Gasteiger partial charge in [0.2, 0.25) is 0 Å². The van der Waals surface area contributed by atoms with Crippen LogP contribution in [-0.4, -0.2) is 15.4 Å². The molecular weight excluding hydrogens is 208 g/mol. The van der Waals surface area contributed by atoms with Crippen molar-refractivity contribution in [3.05, 3.63) is 30.1 Å². The maximum absolute atomic E-state index is 5.81. The fourth-order valence-corrected chi connectivity index (χ4v) is 2.26. The van der Waals surface area contributed by atoms with Crippen molar-refractivity contribution in [3.63, 3.8) is 0 Å². The number of hydrogen-bond donors (Lipinski definition) is 0. The van der Waals surface area contributed by atoms with Crippen LogP contribution in [0.2, 0.25) is 0 Å². The van der Waals surface area contributed by atoms with E-state index in [1.807, 2.05) is 6.07 Å². The van der Waals surface area contributed by atoms with E-state index >= 15 is 0 Å². The lowest BCUT2D eigenvalue weighted by Gasteiger charge is -2.05. The highest BCUT2D eigenvalue weighted by molar-refractivity contribution is 6.17. The van der Waals surface area contributed by atoms with Gasteiger partial charge in [0.05, 0.1) is 11.0 Å². The topological polar surface area (TPSA) is 17.8 Å². The summed E-state index contributed by atoms with van der Waals surface area (Å²) in [5.74, 6) is 1.80. The lowest BCUT2D eigenvalue weighted by molar-refractivity contribution is 0.709. The number of aromatic nitrogens is 2. The first kappa shape index (κ1) is 9.22. The van der Waals surface area contributed by atoms with Crippen molar-refractivity contribution >= 4 is 22.6 Å². The number of para-hydroxylation sites is 2. The first-order chi connectivity index (χ1) is 7.40. The molecule has 0 radical (unpaired) electrons. The molecule has 0 bridgehead atoms. The van der Waals surface area contributed by atoms with Crippen molar-refractivity contribution in [3.8, 4) is 0 Å². The molecule has 1 fully saturated rings. The van der Waals surface area contributed by atoms with E-state index in [9.17, 15) is 0 Å². The summed E-state index contributed by atoms with van der Waals surface area (Å²) in [6, 6.07) is 9.02. The minimum absolute atomic E-state index is 0.649. The van der Waals surface area contributed by atoms with E-state index in [1.54, 1.807) is 0 Å². The van der Waals surface area contributed by atoms with Gasteiger partial charge in [-0.25, -0.2) is 4.98 Å². The van der Waals surface area contributed by atoms with Gasteiger partial charge in [0.1, 0.15) is 5.82 Å². The largest absolute Gasteiger partial charge is 0.325 e. The molecule has 1 aliphatic carbocycles. The van der Waals surface area contributed by atoms with Gasteiger partial charge in [-0.1, -0.05) is 12.1 Å². The van der Waals surface area contributed by atoms with Crippen molar-refractivity contribution < 1.29 is 0 Å². The quantitative estimate of drug-likeness (QED) is 0.727. The Morgan fingerprint density at radius 3 is 2.87 bits per heavy atom. The van der Waals surface area contributed by atoms with Gasteiger partial charge in [-0.15, -0.1) is 11.6 Å². The number of hydrogen-bond acceptors (Lipinski definition) is 1. The number of rotatable bonds is 3. The highest BCUT2D eigenvalue weighted by atomic mass is 35.5. The summed E-state index contributed by atoms with van der Waals surface area (Å²) in [6.45, 7) is 0. The minimum atomic E-state index is 0.649. The van der Waals surface area contributed by atoms with Gasteiger partial charge >= 0.3 is 0 Å². The van der Waals surface area contributed by atoms with Gasteiger partial charge < -0.3 is 4.57 Å². The molecule has 0 unspecified atom stereocenters. The van der Waals surface area contributed by atoms with Gasteiger partial charge in [0.25, 0.3) is 0 Å². The van der Waals surface area contributed by atoms with Gasteiger partial charge in [-0.2, -0.15) is 0 Å². The van der Waals surface area contributed by atoms with Gasteiger partial charge in [-0.3, -0.25) is 0 Å². The van der Waals surface area contributed by atoms with E-state index in [0.717, 1.165) is 17.8 Å². The van der Waals surface area contributed by atoms with Crippen LogP contribution in [0.1, 0.15) is 24.7 Å². The van der Waals surface area contributed by atoms with Crippen LogP contribution < -0.4 is 0 Å². The summed E-state index contributed by atoms with van der Waals surface area (Å²) in [7, 11) is 0. The standard InChI is InChI=1S/C12H13ClN2/c13-8-7-12-14-10-3-1-2-4-11(10)15(12)9-5-6-9/h1-4,9H,5-8H2. The molecule has 15 heavy (non-hydrogen) atoms. The predicted octanol–water partition coefficient (Wildman–Crippen LogP) is 3.15. The molecule has 0 spiro atoms. The van der Waals surface area contributed by atoms with Crippen LogP contribution in [-0.2, 0) is 6.42 Å². The molecule has 2 nitrogen and oxygen atoms in total. The minimum Gasteiger partial charge on any atom is -0.325 e. The zero-order valence-electron chi connectivity index (χ0n) is 8.49. The monoisotopic (exact) mass is 220 g/mol. The van der Waals surface area contributed by atoms with Crippen molar-refractivity contribution in [2.75, 3.05) is 5.88 Å². The highest BCUT2D eigenvalue weighted by Gasteiger charge is 2.27. The number of halogens is 1. The van der Waals surface area contributed by atoms with E-state index < -0.39 is 0 Å². The molecule has 0 amide bonds. The molecule has 3 rings (SSSR count). The Morgan fingerprint density at radius 1 is 1.33 bits per heavy atom. The van der Waals surface area contributed by atoms with E-state index in [-0.39, 0.29) is 0 Å². The lowest BCUT2D eigenvalue weighted by Crippen LogP contribution is -2.02. The maximum atomic E-state index is 5.81. The first-order valence-electron chi connectivity index (χ1n) is 5.42. The number of alkyl halides is 1. The maximum Gasteiger partial charge on any atom is 0.111 e. The third-order valence-corrected chi connectivity index (χ3v) is 3.09. The first-order valence-corrected chi connectivity index (χ1v) is 5.95. The Bertz CT molecular complexity index is 485. The summed E-state index contributed by atoms with van der Waals surface area (Å²) in [5.41, 5.74) is 2.37. The van der Waals surface area contributed by atoms with Gasteiger partial charge in [-0.05, 0) is 25.0 Å². The van der Waals surface area contributed by atoms with Crippen molar-refractivity contribution in [1.29, 1.82) is 0 Å². The van der Waals surface area contributed by atoms with Crippen molar-refractivity contribution in [2.24, 2.45) is 0 Å². The van der Waals surface area contributed by atoms with Gasteiger partial charge in [0.15, 0.2) is 0 Å². The molecule has 0 aliphatic heterocycles. The zero-order valence-corrected chi connectivity index (χ0v) is 9.24. The highest BCUT2D eigenvalue weighted by Crippen LogP contribution is 2.38. The summed E-state index contributed by atoms with van der Waals surface area (Å²) in [5, 5.41) is 0. The van der Waals surface area contributed by atoms with Crippen LogP contribution in [0.5, 0.6) is 0 Å². The van der Waals surface area contributed by atoms with E-state index in [0.29, 0.717) is 11.9 Å². The van der Waals surface area contributed by atoms with Crippen LogP contribution in [0.3, 0.4) is 0 Å². The Morgan fingerprint density at radius 2 is 2.13 bits per heavy atom. The van der Waals surface area contributed by atoms with Crippen LogP contribution in [0.25, 0.3) is 11.0 Å². The Hall–Kier alpha value is -1.02. The fraction of sp³-hybridized carbons (Fsp3) is 0.417. The third-order valence-electron chi connectivity index (χ3n) is 2.90. The Balaban J connectivity index is 2.19. The second-order valence-corrected chi connectivity index (χ2v) is 4.43. The molecule has 1 heterocycles. The van der Waals surface area contributed by atoms with E-state index in [4.69, 9.17) is 11.6 Å². The molecule has 1 aromatic carbocycles. The number of nitrogens with zero attached hydrogens (tertiary/aromatic N) is 2. The zero-order chi connectivity index (χ0) is 10.3. The van der Waals surface area contributed by atoms with Crippen molar-refractivity contribution in [1.82, 2.24) is 9.55 Å². The van der Waals surface area contributed by atoms with Crippen LogP contribution in [0, 0.1) is 0 Å². The molecular formula is C12H13ClN2. The summed E-state index contributed by atoms with van der Waals surface area (Å²) in [6.07, 6.45) is 3.44. The number of benzene rings is 1. The van der Waals surface area contributed by atoms with Crippen LogP contribution in [0.15, 0.2) is 24.3 Å². The van der Waals surface area contributed by atoms with Crippen LogP contribution >= 0.6 is 11.6 Å². The number of aryl methyl sites for hydroxylation is 1. The molecule has 78 valence electrons. The normalized spacial score (nSPS) is 16.1. The van der Waals surface area contributed by atoms with Gasteiger partial charge in [0, 0.05) is 18.3 Å². The molecule has 0 atom stereocenters. The predicted molar refractivity (Wildman–Crippen MR) is 62.4 cm³/mol. The average Bonchev–Trinajstić information content (AvgIpc) is 3.01. The van der Waals surface area contributed by atoms with E-state index in [1.165, 1.54) is 18.4 Å². The average molecular weight is 221 g/mol. The second-order valence-electron chi connectivity index (χ2n) is 4.06. The second kappa shape index (κ2) is 3.53. The van der Waals surface area contributed by atoms with E-state index in [2.05, 4.69) is 27.8 Å². The molecule has 1 aliphatic rings. The molecule has 1 aromatic heterocycles. The summed E-state index contributed by atoms with van der Waals surface area (Å²) < 4.78 is 2.37. The fourth-order valence-electron chi connectivity index (χ4n) is 2.10. The Labute approximate surface area is 93.9 Å². The molecule has 2 aromatic rings. The third kappa shape index (κ3) is 1.53. The smallest absolute Gasteiger partial charge is 0.111 e. The van der Waals surface area contributed by atoms with Crippen LogP contribution in [0.4, 0.5) is 0 Å². The Kier molecular flexibility index (Phi) is 2.17. The molecule has 0 N–H and O–H groups in total. The molecule has 0 saturated heterocycles. The number of fused-ring (bicyclic) bond motifs is 1. The lowest BCUT2D eigenvalue weighted by atomic mass is 10.3. The number of imidazole rings is 1. The SMILES string of the molecule is ClCCc1nc2ccccc2n1C1CC1.